The van der Waals surface area contributed by atoms with Crippen LogP contribution in [-0.2, 0) is 15.9 Å². The Hall–Kier alpha value is -2.41. The average Bonchev–Trinajstić information content (AvgIpc) is 3.56. The molecular weight excluding hydrogens is 436 g/mol. The monoisotopic (exact) mass is 464 g/mol. The quantitative estimate of drug-likeness (QED) is 0.448. The second-order valence-electron chi connectivity index (χ2n) is 8.51. The van der Waals surface area contributed by atoms with Gasteiger partial charge in [0.05, 0.1) is 19.3 Å². The zero-order valence-electron chi connectivity index (χ0n) is 18.2. The first-order valence-corrected chi connectivity index (χ1v) is 11.0. The van der Waals surface area contributed by atoms with Gasteiger partial charge in [0.2, 0.25) is 19.0 Å². The van der Waals surface area contributed by atoms with Crippen molar-refractivity contribution in [2.75, 3.05) is 26.6 Å². The van der Waals surface area contributed by atoms with Crippen molar-refractivity contribution in [1.29, 1.82) is 0 Å². The standard InChI is InChI=1S/C22H28N2O9/c1-11-14(6-12-2-3-15-16(7-12)31-10-30-15)21(23-24(11)13-4-5-29-9-13)33-22-20(28)19(27)18(26)17(8-25)32-22/h2-3,7,13,17-20,22,25-28H,4-6,8-10H2,1H3/t13?,17-,18-,19+,20-,22+/m1/s1. The fourth-order valence-corrected chi connectivity index (χ4v) is 4.42. The minimum absolute atomic E-state index is 0.0488. The Morgan fingerprint density at radius 1 is 1.12 bits per heavy atom. The predicted octanol–water partition coefficient (Wildman–Crippen LogP) is -0.349. The molecule has 2 aromatic rings. The number of hydrogen-bond donors (Lipinski definition) is 4. The van der Waals surface area contributed by atoms with Crippen molar-refractivity contribution in [2.24, 2.45) is 0 Å². The Kier molecular flexibility index (Phi) is 6.16. The van der Waals surface area contributed by atoms with Gasteiger partial charge in [-0.05, 0) is 31.0 Å². The normalized spacial score (nSPS) is 31.2. The summed E-state index contributed by atoms with van der Waals surface area (Å²) >= 11 is 0. The molecule has 0 saturated carbocycles. The number of hydrogen-bond acceptors (Lipinski definition) is 10. The van der Waals surface area contributed by atoms with E-state index in [1.807, 2.05) is 29.8 Å². The first-order valence-electron chi connectivity index (χ1n) is 11.0. The summed E-state index contributed by atoms with van der Waals surface area (Å²) < 4.78 is 29.7. The maximum absolute atomic E-state index is 10.4. The molecule has 1 aromatic heterocycles. The molecule has 2 fully saturated rings. The number of aromatic nitrogens is 2. The van der Waals surface area contributed by atoms with Crippen LogP contribution in [0.25, 0.3) is 0 Å². The number of ether oxygens (including phenoxy) is 5. The summed E-state index contributed by atoms with van der Waals surface area (Å²) in [5, 5.41) is 44.7. The molecule has 1 aromatic carbocycles. The lowest BCUT2D eigenvalue weighted by Gasteiger charge is -2.39. The summed E-state index contributed by atoms with van der Waals surface area (Å²) in [6, 6.07) is 5.73. The highest BCUT2D eigenvalue weighted by atomic mass is 16.7. The molecule has 4 N–H and O–H groups in total. The lowest BCUT2D eigenvalue weighted by atomic mass is 9.99. The number of rotatable bonds is 6. The van der Waals surface area contributed by atoms with E-state index in [0.29, 0.717) is 31.1 Å². The van der Waals surface area contributed by atoms with Crippen molar-refractivity contribution in [3.05, 3.63) is 35.0 Å². The van der Waals surface area contributed by atoms with E-state index in [4.69, 9.17) is 23.7 Å². The van der Waals surface area contributed by atoms with Crippen LogP contribution in [0.1, 0.15) is 29.3 Å². The number of aliphatic hydroxyl groups excluding tert-OH is 4. The van der Waals surface area contributed by atoms with E-state index < -0.39 is 37.3 Å². The Morgan fingerprint density at radius 3 is 2.70 bits per heavy atom. The van der Waals surface area contributed by atoms with Crippen LogP contribution in [0, 0.1) is 6.92 Å². The van der Waals surface area contributed by atoms with Crippen molar-refractivity contribution in [3.8, 4) is 17.4 Å². The molecule has 1 unspecified atom stereocenters. The summed E-state index contributed by atoms with van der Waals surface area (Å²) in [6.45, 7) is 2.76. The van der Waals surface area contributed by atoms with Crippen molar-refractivity contribution in [3.63, 3.8) is 0 Å². The number of aliphatic hydroxyl groups is 4. The zero-order chi connectivity index (χ0) is 23.1. The average molecular weight is 464 g/mol. The van der Waals surface area contributed by atoms with Crippen molar-refractivity contribution in [1.82, 2.24) is 9.78 Å². The zero-order valence-corrected chi connectivity index (χ0v) is 18.2. The van der Waals surface area contributed by atoms with Crippen LogP contribution in [0.4, 0.5) is 0 Å². The smallest absolute Gasteiger partial charge is 0.239 e. The van der Waals surface area contributed by atoms with Gasteiger partial charge in [-0.1, -0.05) is 6.07 Å². The molecule has 180 valence electrons. The molecule has 6 atom stereocenters. The number of benzene rings is 1. The first-order chi connectivity index (χ1) is 16.0. The Bertz CT molecular complexity index is 988. The summed E-state index contributed by atoms with van der Waals surface area (Å²) in [7, 11) is 0. The van der Waals surface area contributed by atoms with Crippen molar-refractivity contribution in [2.45, 2.75) is 56.5 Å². The van der Waals surface area contributed by atoms with Crippen LogP contribution < -0.4 is 14.2 Å². The SMILES string of the molecule is Cc1c(Cc2ccc3c(c2)OCO3)c(O[C@@H]2O[C@H](CO)[C@@H](O)[C@H](O)[C@H]2O)nn1C1CCOC1. The lowest BCUT2D eigenvalue weighted by Crippen LogP contribution is -2.60. The second kappa shape index (κ2) is 9.09. The molecule has 11 nitrogen and oxygen atoms in total. The second-order valence-corrected chi connectivity index (χ2v) is 8.51. The Balaban J connectivity index is 1.46. The van der Waals surface area contributed by atoms with E-state index >= 15 is 0 Å². The molecule has 5 rings (SSSR count). The molecule has 2 saturated heterocycles. The fourth-order valence-electron chi connectivity index (χ4n) is 4.42. The fraction of sp³-hybridized carbons (Fsp3) is 0.591. The van der Waals surface area contributed by atoms with E-state index in [-0.39, 0.29) is 18.7 Å². The minimum atomic E-state index is -1.54. The first kappa shape index (κ1) is 22.4. The summed E-state index contributed by atoms with van der Waals surface area (Å²) in [5.74, 6) is 1.59. The van der Waals surface area contributed by atoms with Gasteiger partial charge >= 0.3 is 0 Å². The molecule has 4 heterocycles. The van der Waals surface area contributed by atoms with Gasteiger partial charge < -0.3 is 44.1 Å². The molecule has 0 aliphatic carbocycles. The highest BCUT2D eigenvalue weighted by Crippen LogP contribution is 2.36. The lowest BCUT2D eigenvalue weighted by molar-refractivity contribution is -0.278. The molecule has 0 spiro atoms. The van der Waals surface area contributed by atoms with Gasteiger partial charge in [0.25, 0.3) is 0 Å². The van der Waals surface area contributed by atoms with Crippen molar-refractivity contribution >= 4 is 0 Å². The highest BCUT2D eigenvalue weighted by Gasteiger charge is 2.45. The van der Waals surface area contributed by atoms with Crippen molar-refractivity contribution < 1.29 is 44.1 Å². The van der Waals surface area contributed by atoms with Gasteiger partial charge in [-0.15, -0.1) is 5.10 Å². The van der Waals surface area contributed by atoms with Gasteiger partial charge in [-0.3, -0.25) is 4.68 Å². The number of nitrogens with zero attached hydrogens (tertiary/aromatic N) is 2. The molecule has 11 heteroatoms. The molecule has 33 heavy (non-hydrogen) atoms. The highest BCUT2D eigenvalue weighted by molar-refractivity contribution is 5.47. The molecule has 3 aliphatic heterocycles. The van der Waals surface area contributed by atoms with Crippen LogP contribution in [0.5, 0.6) is 17.4 Å². The van der Waals surface area contributed by atoms with Gasteiger partial charge in [-0.25, -0.2) is 0 Å². The summed E-state index contributed by atoms with van der Waals surface area (Å²) in [5.41, 5.74) is 2.60. The summed E-state index contributed by atoms with van der Waals surface area (Å²) in [6.07, 6.45) is -5.65. The van der Waals surface area contributed by atoms with Gasteiger partial charge in [0, 0.05) is 24.3 Å². The van der Waals surface area contributed by atoms with Crippen LogP contribution in [0.15, 0.2) is 18.2 Å². The molecule has 0 amide bonds. The van der Waals surface area contributed by atoms with Crippen LogP contribution in [0.2, 0.25) is 0 Å². The van der Waals surface area contributed by atoms with E-state index in [1.54, 1.807) is 0 Å². The molecule has 0 radical (unpaired) electrons. The topological polar surface area (TPSA) is 145 Å². The molecule has 3 aliphatic rings. The third kappa shape index (κ3) is 4.16. The Morgan fingerprint density at radius 2 is 1.94 bits per heavy atom. The molecule has 0 bridgehead atoms. The predicted molar refractivity (Wildman–Crippen MR) is 111 cm³/mol. The third-order valence-electron chi connectivity index (χ3n) is 6.38. The van der Waals surface area contributed by atoms with Gasteiger partial charge in [-0.2, -0.15) is 0 Å². The maximum Gasteiger partial charge on any atom is 0.239 e. The van der Waals surface area contributed by atoms with E-state index in [0.717, 1.165) is 23.2 Å². The van der Waals surface area contributed by atoms with Crippen LogP contribution >= 0.6 is 0 Å². The number of fused-ring (bicyclic) bond motifs is 1. The third-order valence-corrected chi connectivity index (χ3v) is 6.38. The Labute approximate surface area is 190 Å². The molecular formula is C22H28N2O9. The van der Waals surface area contributed by atoms with Crippen LogP contribution in [0.3, 0.4) is 0 Å². The van der Waals surface area contributed by atoms with Gasteiger partial charge in [0.15, 0.2) is 11.5 Å². The summed E-state index contributed by atoms with van der Waals surface area (Å²) in [4.78, 5) is 0. The minimum Gasteiger partial charge on any atom is -0.454 e. The maximum atomic E-state index is 10.4. The van der Waals surface area contributed by atoms with Crippen LogP contribution in [-0.4, -0.2) is 87.5 Å². The van der Waals surface area contributed by atoms with E-state index in [9.17, 15) is 20.4 Å². The largest absolute Gasteiger partial charge is 0.454 e. The van der Waals surface area contributed by atoms with E-state index in [1.165, 1.54) is 0 Å². The van der Waals surface area contributed by atoms with Gasteiger partial charge in [0.1, 0.15) is 24.4 Å². The van der Waals surface area contributed by atoms with E-state index in [2.05, 4.69) is 5.10 Å².